The zero-order valence-electron chi connectivity index (χ0n) is 15.7. The SMILES string of the molecule is CC(C)(COCc1cccc(Oc2ccccc2Br)c1)c1ccc(Br)c(Br)c1. The third kappa shape index (κ3) is 5.69. The largest absolute Gasteiger partial charge is 0.456 e. The summed E-state index contributed by atoms with van der Waals surface area (Å²) in [6.45, 7) is 5.54. The quantitative estimate of drug-likeness (QED) is 0.286. The number of ether oxygens (including phenoxy) is 2. The van der Waals surface area contributed by atoms with Gasteiger partial charge in [0.2, 0.25) is 0 Å². The van der Waals surface area contributed by atoms with E-state index in [-0.39, 0.29) is 5.41 Å². The third-order valence-corrected chi connectivity index (χ3v) is 6.93. The van der Waals surface area contributed by atoms with E-state index in [2.05, 4.69) is 85.9 Å². The van der Waals surface area contributed by atoms with Gasteiger partial charge in [-0.25, -0.2) is 0 Å². The zero-order chi connectivity index (χ0) is 20.1. The molecule has 0 aliphatic carbocycles. The molecule has 0 saturated carbocycles. The highest BCUT2D eigenvalue weighted by Gasteiger charge is 2.21. The Labute approximate surface area is 191 Å². The fourth-order valence-electron chi connectivity index (χ4n) is 2.78. The van der Waals surface area contributed by atoms with Gasteiger partial charge in [0.05, 0.1) is 17.7 Å². The van der Waals surface area contributed by atoms with Gasteiger partial charge < -0.3 is 9.47 Å². The zero-order valence-corrected chi connectivity index (χ0v) is 20.5. The predicted octanol–water partition coefficient (Wildman–Crippen LogP) is 8.26. The molecule has 3 aromatic carbocycles. The van der Waals surface area contributed by atoms with Gasteiger partial charge in [0.15, 0.2) is 0 Å². The average Bonchev–Trinajstić information content (AvgIpc) is 2.66. The van der Waals surface area contributed by atoms with E-state index in [4.69, 9.17) is 9.47 Å². The second-order valence-electron chi connectivity index (χ2n) is 7.19. The van der Waals surface area contributed by atoms with E-state index < -0.39 is 0 Å². The molecule has 28 heavy (non-hydrogen) atoms. The Morgan fingerprint density at radius 3 is 2.32 bits per heavy atom. The first-order valence-electron chi connectivity index (χ1n) is 8.90. The van der Waals surface area contributed by atoms with Crippen molar-refractivity contribution in [2.75, 3.05) is 6.61 Å². The van der Waals surface area contributed by atoms with E-state index >= 15 is 0 Å². The molecule has 0 amide bonds. The maximum Gasteiger partial charge on any atom is 0.141 e. The molecule has 0 aromatic heterocycles. The molecule has 0 atom stereocenters. The van der Waals surface area contributed by atoms with Gasteiger partial charge in [0.1, 0.15) is 11.5 Å². The van der Waals surface area contributed by atoms with E-state index in [9.17, 15) is 0 Å². The van der Waals surface area contributed by atoms with Crippen molar-refractivity contribution in [1.82, 2.24) is 0 Å². The van der Waals surface area contributed by atoms with E-state index in [0.717, 1.165) is 30.5 Å². The Hall–Kier alpha value is -1.14. The fraction of sp³-hybridized carbons (Fsp3) is 0.217. The van der Waals surface area contributed by atoms with Crippen LogP contribution in [0.3, 0.4) is 0 Å². The van der Waals surface area contributed by atoms with Crippen LogP contribution in [0.1, 0.15) is 25.0 Å². The van der Waals surface area contributed by atoms with Crippen LogP contribution in [-0.4, -0.2) is 6.61 Å². The maximum absolute atomic E-state index is 6.05. The first-order chi connectivity index (χ1) is 13.3. The van der Waals surface area contributed by atoms with Gasteiger partial charge in [-0.05, 0) is 95.3 Å². The molecule has 5 heteroatoms. The molecule has 0 bridgehead atoms. The molecule has 0 spiro atoms. The monoisotopic (exact) mass is 566 g/mol. The average molecular weight is 569 g/mol. The number of hydrogen-bond donors (Lipinski definition) is 0. The summed E-state index contributed by atoms with van der Waals surface area (Å²) in [4.78, 5) is 0. The molecule has 0 aliphatic heterocycles. The van der Waals surface area contributed by atoms with Crippen LogP contribution in [0.5, 0.6) is 11.5 Å². The van der Waals surface area contributed by atoms with Crippen molar-refractivity contribution in [3.05, 3.63) is 91.3 Å². The summed E-state index contributed by atoms with van der Waals surface area (Å²) in [6, 6.07) is 22.2. The van der Waals surface area contributed by atoms with Crippen LogP contribution >= 0.6 is 47.8 Å². The lowest BCUT2D eigenvalue weighted by atomic mass is 9.86. The summed E-state index contributed by atoms with van der Waals surface area (Å²) in [5, 5.41) is 0. The van der Waals surface area contributed by atoms with Crippen molar-refractivity contribution in [1.29, 1.82) is 0 Å². The Balaban J connectivity index is 1.61. The Bertz CT molecular complexity index is 954. The van der Waals surface area contributed by atoms with Gasteiger partial charge in [-0.2, -0.15) is 0 Å². The van der Waals surface area contributed by atoms with Gasteiger partial charge in [-0.3, -0.25) is 0 Å². The molecular formula is C23H21Br3O2. The van der Waals surface area contributed by atoms with Crippen LogP contribution in [-0.2, 0) is 16.8 Å². The standard InChI is InChI=1S/C23H21Br3O2/c1-23(2,17-10-11-19(24)21(26)13-17)15-27-14-16-6-5-7-18(12-16)28-22-9-4-3-8-20(22)25/h3-13H,14-15H2,1-2H3. The molecule has 2 nitrogen and oxygen atoms in total. The van der Waals surface area contributed by atoms with Crippen molar-refractivity contribution >= 4 is 47.8 Å². The first kappa shape index (κ1) is 21.6. The topological polar surface area (TPSA) is 18.5 Å². The Morgan fingerprint density at radius 1 is 0.786 bits per heavy atom. The lowest BCUT2D eigenvalue weighted by molar-refractivity contribution is 0.0824. The van der Waals surface area contributed by atoms with E-state index in [1.54, 1.807) is 0 Å². The lowest BCUT2D eigenvalue weighted by Gasteiger charge is -2.25. The molecule has 0 saturated heterocycles. The molecular weight excluding hydrogens is 548 g/mol. The van der Waals surface area contributed by atoms with Crippen molar-refractivity contribution < 1.29 is 9.47 Å². The normalized spacial score (nSPS) is 11.5. The molecule has 0 fully saturated rings. The summed E-state index contributed by atoms with van der Waals surface area (Å²) >= 11 is 10.6. The van der Waals surface area contributed by atoms with Crippen molar-refractivity contribution in [3.63, 3.8) is 0 Å². The highest BCUT2D eigenvalue weighted by molar-refractivity contribution is 9.13. The molecule has 0 aliphatic rings. The van der Waals surface area contributed by atoms with Crippen LogP contribution < -0.4 is 4.74 Å². The number of halogens is 3. The minimum absolute atomic E-state index is 0.0910. The van der Waals surface area contributed by atoms with Gasteiger partial charge in [-0.15, -0.1) is 0 Å². The van der Waals surface area contributed by atoms with Gasteiger partial charge in [0, 0.05) is 14.4 Å². The summed E-state index contributed by atoms with van der Waals surface area (Å²) in [7, 11) is 0. The Kier molecular flexibility index (Phi) is 7.37. The van der Waals surface area contributed by atoms with Gasteiger partial charge in [0.25, 0.3) is 0 Å². The highest BCUT2D eigenvalue weighted by Crippen LogP contribution is 2.32. The van der Waals surface area contributed by atoms with Crippen LogP contribution in [0.15, 0.2) is 80.1 Å². The summed E-state index contributed by atoms with van der Waals surface area (Å²) in [5.74, 6) is 1.59. The van der Waals surface area contributed by atoms with E-state index in [1.165, 1.54) is 5.56 Å². The Morgan fingerprint density at radius 2 is 1.57 bits per heavy atom. The first-order valence-corrected chi connectivity index (χ1v) is 11.3. The minimum atomic E-state index is -0.0910. The van der Waals surface area contributed by atoms with Crippen LogP contribution in [0.25, 0.3) is 0 Å². The molecule has 0 heterocycles. The fourth-order valence-corrected chi connectivity index (χ4v) is 3.77. The second kappa shape index (κ2) is 9.57. The molecule has 0 radical (unpaired) electrons. The number of benzene rings is 3. The molecule has 0 N–H and O–H groups in total. The number of rotatable bonds is 7. The van der Waals surface area contributed by atoms with Crippen molar-refractivity contribution in [3.8, 4) is 11.5 Å². The van der Waals surface area contributed by atoms with E-state index in [0.29, 0.717) is 13.2 Å². The molecule has 146 valence electrons. The van der Waals surface area contributed by atoms with Crippen LogP contribution in [0.4, 0.5) is 0 Å². The smallest absolute Gasteiger partial charge is 0.141 e. The summed E-state index contributed by atoms with van der Waals surface area (Å²) in [5.41, 5.74) is 2.22. The third-order valence-electron chi connectivity index (χ3n) is 4.40. The molecule has 0 unspecified atom stereocenters. The van der Waals surface area contributed by atoms with Crippen LogP contribution in [0.2, 0.25) is 0 Å². The van der Waals surface area contributed by atoms with Crippen molar-refractivity contribution in [2.45, 2.75) is 25.9 Å². The van der Waals surface area contributed by atoms with E-state index in [1.807, 2.05) is 42.5 Å². The van der Waals surface area contributed by atoms with Gasteiger partial charge in [-0.1, -0.05) is 44.2 Å². The second-order valence-corrected chi connectivity index (χ2v) is 9.75. The maximum atomic E-state index is 6.05. The summed E-state index contributed by atoms with van der Waals surface area (Å²) in [6.07, 6.45) is 0. The molecule has 3 rings (SSSR count). The molecule has 3 aromatic rings. The summed E-state index contributed by atoms with van der Waals surface area (Å²) < 4.78 is 15.1. The number of hydrogen-bond acceptors (Lipinski definition) is 2. The number of para-hydroxylation sites is 1. The predicted molar refractivity (Wildman–Crippen MR) is 125 cm³/mol. The van der Waals surface area contributed by atoms with Crippen LogP contribution in [0, 0.1) is 0 Å². The lowest BCUT2D eigenvalue weighted by Crippen LogP contribution is -2.24. The van der Waals surface area contributed by atoms with Crippen molar-refractivity contribution in [2.24, 2.45) is 0 Å². The van der Waals surface area contributed by atoms with Gasteiger partial charge >= 0.3 is 0 Å². The highest BCUT2D eigenvalue weighted by atomic mass is 79.9. The minimum Gasteiger partial charge on any atom is -0.456 e.